The van der Waals surface area contributed by atoms with Crippen LogP contribution in [0.25, 0.3) is 0 Å². The second kappa shape index (κ2) is 9.14. The number of carbonyl (C=O) groups excluding carboxylic acids is 1. The van der Waals surface area contributed by atoms with Crippen molar-refractivity contribution < 1.29 is 19.0 Å². The summed E-state index contributed by atoms with van der Waals surface area (Å²) in [5.74, 6) is 2.17. The third-order valence-electron chi connectivity index (χ3n) is 4.55. The maximum atomic E-state index is 12.7. The normalized spacial score (nSPS) is 11.6. The first-order valence-corrected chi connectivity index (χ1v) is 9.20. The van der Waals surface area contributed by atoms with Gasteiger partial charge < -0.3 is 24.1 Å². The summed E-state index contributed by atoms with van der Waals surface area (Å²) in [6, 6.07) is 12.6. The number of rotatable bonds is 8. The first kappa shape index (κ1) is 20.3. The van der Waals surface area contributed by atoms with E-state index in [1.54, 1.807) is 26.5 Å². The van der Waals surface area contributed by atoms with Gasteiger partial charge in [0, 0.05) is 25.0 Å². The van der Waals surface area contributed by atoms with Gasteiger partial charge in [0.25, 0.3) is 5.91 Å². The van der Waals surface area contributed by atoms with Crippen LogP contribution in [0.5, 0.6) is 17.2 Å². The maximum absolute atomic E-state index is 12.7. The predicted molar refractivity (Wildman–Crippen MR) is 109 cm³/mol. The summed E-state index contributed by atoms with van der Waals surface area (Å²) in [5, 5.41) is 3.00. The number of aromatic nitrogens is 2. The van der Waals surface area contributed by atoms with Crippen LogP contribution in [0.15, 0.2) is 54.9 Å². The Bertz CT molecular complexity index is 984. The van der Waals surface area contributed by atoms with Crippen molar-refractivity contribution in [1.82, 2.24) is 14.9 Å². The summed E-state index contributed by atoms with van der Waals surface area (Å²) in [6.45, 7) is 1.80. The molecule has 0 aliphatic carbocycles. The number of nitrogens with zero attached hydrogens (tertiary/aromatic N) is 2. The molecule has 0 bridgehead atoms. The molecular formula is C22H25N3O4. The number of amides is 1. The Kier molecular flexibility index (Phi) is 6.39. The van der Waals surface area contributed by atoms with E-state index in [0.29, 0.717) is 23.1 Å². The highest BCUT2D eigenvalue weighted by Gasteiger charge is 2.24. The molecule has 1 N–H and O–H groups in total. The van der Waals surface area contributed by atoms with Gasteiger partial charge in [0.05, 0.1) is 14.2 Å². The van der Waals surface area contributed by atoms with Crippen LogP contribution in [-0.4, -0.2) is 36.3 Å². The summed E-state index contributed by atoms with van der Waals surface area (Å²) in [5.41, 5.74) is 1.86. The van der Waals surface area contributed by atoms with Gasteiger partial charge in [-0.05, 0) is 30.7 Å². The number of ether oxygens (including phenoxy) is 3. The molecule has 0 radical (unpaired) electrons. The molecule has 1 atom stereocenters. The highest BCUT2D eigenvalue weighted by molar-refractivity contribution is 5.78. The minimum absolute atomic E-state index is 0.157. The van der Waals surface area contributed by atoms with Gasteiger partial charge in [0.2, 0.25) is 0 Å². The Labute approximate surface area is 170 Å². The zero-order valence-electron chi connectivity index (χ0n) is 17.0. The highest BCUT2D eigenvalue weighted by Crippen LogP contribution is 2.30. The van der Waals surface area contributed by atoms with Crippen molar-refractivity contribution in [3.63, 3.8) is 0 Å². The second-order valence-corrected chi connectivity index (χ2v) is 6.58. The highest BCUT2D eigenvalue weighted by atomic mass is 16.5. The molecule has 0 aliphatic heterocycles. The zero-order valence-corrected chi connectivity index (χ0v) is 17.0. The van der Waals surface area contributed by atoms with Gasteiger partial charge in [-0.2, -0.15) is 0 Å². The summed E-state index contributed by atoms with van der Waals surface area (Å²) in [4.78, 5) is 17.1. The van der Waals surface area contributed by atoms with Crippen molar-refractivity contribution in [1.29, 1.82) is 0 Å². The van der Waals surface area contributed by atoms with Crippen molar-refractivity contribution in [2.24, 2.45) is 7.05 Å². The van der Waals surface area contributed by atoms with Crippen LogP contribution < -0.4 is 19.5 Å². The number of carbonyl (C=O) groups is 1. The number of hydrogen-bond acceptors (Lipinski definition) is 5. The van der Waals surface area contributed by atoms with Crippen LogP contribution in [0.2, 0.25) is 0 Å². The Balaban J connectivity index is 1.80. The van der Waals surface area contributed by atoms with Crippen LogP contribution in [0, 0.1) is 6.92 Å². The largest absolute Gasteiger partial charge is 0.496 e. The van der Waals surface area contributed by atoms with E-state index in [2.05, 4.69) is 10.3 Å². The van der Waals surface area contributed by atoms with E-state index in [1.165, 1.54) is 0 Å². The van der Waals surface area contributed by atoms with Crippen LogP contribution in [-0.2, 0) is 11.8 Å². The molecule has 1 heterocycles. The lowest BCUT2D eigenvalue weighted by atomic mass is 10.0. The Morgan fingerprint density at radius 2 is 1.86 bits per heavy atom. The summed E-state index contributed by atoms with van der Waals surface area (Å²) in [6.07, 6.45) is 3.52. The zero-order chi connectivity index (χ0) is 20.8. The van der Waals surface area contributed by atoms with E-state index in [1.807, 2.05) is 61.1 Å². The minimum atomic E-state index is -0.484. The molecule has 2 aromatic carbocycles. The molecule has 0 fully saturated rings. The Hall–Kier alpha value is -3.48. The first-order chi connectivity index (χ1) is 14.0. The average Bonchev–Trinajstić information content (AvgIpc) is 3.16. The molecule has 29 heavy (non-hydrogen) atoms. The summed E-state index contributed by atoms with van der Waals surface area (Å²) < 4.78 is 18.4. The van der Waals surface area contributed by atoms with Gasteiger partial charge in [0.1, 0.15) is 17.6 Å². The first-order valence-electron chi connectivity index (χ1n) is 9.20. The topological polar surface area (TPSA) is 74.6 Å². The van der Waals surface area contributed by atoms with E-state index < -0.39 is 6.04 Å². The van der Waals surface area contributed by atoms with Crippen molar-refractivity contribution in [3.8, 4) is 17.2 Å². The molecule has 0 saturated heterocycles. The van der Waals surface area contributed by atoms with Gasteiger partial charge in [0.15, 0.2) is 18.1 Å². The number of imidazole rings is 1. The minimum Gasteiger partial charge on any atom is -0.496 e. The second-order valence-electron chi connectivity index (χ2n) is 6.58. The number of benzene rings is 2. The van der Waals surface area contributed by atoms with Gasteiger partial charge in [-0.15, -0.1) is 0 Å². The lowest BCUT2D eigenvalue weighted by molar-refractivity contribution is -0.123. The monoisotopic (exact) mass is 395 g/mol. The van der Waals surface area contributed by atoms with E-state index >= 15 is 0 Å². The molecule has 1 aromatic heterocycles. The third kappa shape index (κ3) is 4.68. The molecule has 3 rings (SSSR count). The number of methoxy groups -OCH3 is 2. The number of aryl methyl sites for hydroxylation is 2. The van der Waals surface area contributed by atoms with E-state index in [9.17, 15) is 4.79 Å². The lowest BCUT2D eigenvalue weighted by Gasteiger charge is -2.21. The van der Waals surface area contributed by atoms with Crippen LogP contribution in [0.1, 0.15) is 23.0 Å². The van der Waals surface area contributed by atoms with Crippen LogP contribution in [0.3, 0.4) is 0 Å². The van der Waals surface area contributed by atoms with E-state index in [-0.39, 0.29) is 12.5 Å². The van der Waals surface area contributed by atoms with Crippen molar-refractivity contribution in [2.75, 3.05) is 20.8 Å². The molecule has 1 unspecified atom stereocenters. The fourth-order valence-electron chi connectivity index (χ4n) is 3.08. The predicted octanol–water partition coefficient (Wildman–Crippen LogP) is 3.03. The average molecular weight is 395 g/mol. The van der Waals surface area contributed by atoms with Crippen molar-refractivity contribution >= 4 is 5.91 Å². The molecule has 7 heteroatoms. The lowest BCUT2D eigenvalue weighted by Crippen LogP contribution is -2.34. The quantitative estimate of drug-likeness (QED) is 0.635. The molecule has 1 amide bonds. The third-order valence-corrected chi connectivity index (χ3v) is 4.55. The number of nitrogens with one attached hydrogen (secondary N) is 1. The Morgan fingerprint density at radius 1 is 1.10 bits per heavy atom. The SMILES string of the molecule is COc1cc(C)ccc1OCC(=O)NC(c1ccccc1OC)c1nccn1C. The van der Waals surface area contributed by atoms with Crippen molar-refractivity contribution in [3.05, 3.63) is 71.8 Å². The van der Waals surface area contributed by atoms with Gasteiger partial charge in [-0.1, -0.05) is 24.3 Å². The van der Waals surface area contributed by atoms with E-state index in [4.69, 9.17) is 14.2 Å². The summed E-state index contributed by atoms with van der Waals surface area (Å²) >= 11 is 0. The molecule has 152 valence electrons. The fraction of sp³-hybridized carbons (Fsp3) is 0.273. The maximum Gasteiger partial charge on any atom is 0.258 e. The molecule has 0 aliphatic rings. The molecular weight excluding hydrogens is 370 g/mol. The number of para-hydroxylation sites is 1. The standard InChI is InChI=1S/C22H25N3O4/c1-15-9-10-18(19(13-15)28-4)29-14-20(26)24-21(22-23-11-12-25(22)2)16-7-5-6-8-17(16)27-3/h5-13,21H,14H2,1-4H3,(H,24,26). The molecule has 7 nitrogen and oxygen atoms in total. The summed E-state index contributed by atoms with van der Waals surface area (Å²) in [7, 11) is 5.05. The number of hydrogen-bond donors (Lipinski definition) is 1. The van der Waals surface area contributed by atoms with E-state index in [0.717, 1.165) is 11.1 Å². The van der Waals surface area contributed by atoms with Crippen LogP contribution in [0.4, 0.5) is 0 Å². The van der Waals surface area contributed by atoms with Crippen molar-refractivity contribution in [2.45, 2.75) is 13.0 Å². The molecule has 3 aromatic rings. The van der Waals surface area contributed by atoms with Crippen LogP contribution >= 0.6 is 0 Å². The fourth-order valence-corrected chi connectivity index (χ4v) is 3.08. The van der Waals surface area contributed by atoms with Gasteiger partial charge >= 0.3 is 0 Å². The Morgan fingerprint density at radius 3 is 2.55 bits per heavy atom. The van der Waals surface area contributed by atoms with Gasteiger partial charge in [-0.25, -0.2) is 4.98 Å². The smallest absolute Gasteiger partial charge is 0.258 e. The molecule has 0 spiro atoms. The van der Waals surface area contributed by atoms with Gasteiger partial charge in [-0.3, -0.25) is 4.79 Å². The molecule has 0 saturated carbocycles.